The molecule has 0 aliphatic heterocycles. The van der Waals surface area contributed by atoms with E-state index in [1.807, 2.05) is 0 Å². The number of hydrogen-bond acceptors (Lipinski definition) is 4. The van der Waals surface area contributed by atoms with Crippen LogP contribution in [0.3, 0.4) is 0 Å². The molecule has 8 nitrogen and oxygen atoms in total. The van der Waals surface area contributed by atoms with Gasteiger partial charge in [0.05, 0.1) is 15.4 Å². The van der Waals surface area contributed by atoms with Crippen LogP contribution in [0.1, 0.15) is 10.5 Å². The summed E-state index contributed by atoms with van der Waals surface area (Å²) in [5.74, 6) is -0.420. The van der Waals surface area contributed by atoms with Gasteiger partial charge in [-0.1, -0.05) is 23.2 Å². The molecular formula is C17H14Cl2N4O4S. The van der Waals surface area contributed by atoms with Crippen molar-refractivity contribution in [1.82, 2.24) is 9.29 Å². The van der Waals surface area contributed by atoms with E-state index in [0.29, 0.717) is 32.3 Å². The molecule has 0 bridgehead atoms. The fourth-order valence-corrected chi connectivity index (χ4v) is 4.09. The van der Waals surface area contributed by atoms with Crippen molar-refractivity contribution in [2.45, 2.75) is 4.90 Å². The smallest absolute Gasteiger partial charge is 0.326 e. The first-order valence-corrected chi connectivity index (χ1v) is 10.0. The van der Waals surface area contributed by atoms with Gasteiger partial charge in [0.15, 0.2) is 0 Å². The molecule has 1 aromatic heterocycles. The van der Waals surface area contributed by atoms with Gasteiger partial charge in [0, 0.05) is 23.1 Å². The molecule has 11 heteroatoms. The number of nitrogens with one attached hydrogen (secondary N) is 2. The Morgan fingerprint density at radius 1 is 1.07 bits per heavy atom. The zero-order valence-electron chi connectivity index (χ0n) is 14.4. The van der Waals surface area contributed by atoms with Crippen LogP contribution >= 0.6 is 23.2 Å². The number of benzene rings is 2. The molecule has 0 aliphatic rings. The van der Waals surface area contributed by atoms with Crippen LogP contribution in [0.4, 0.5) is 10.5 Å². The Morgan fingerprint density at radius 2 is 1.71 bits per heavy atom. The summed E-state index contributed by atoms with van der Waals surface area (Å²) in [6, 6.07) is 8.99. The van der Waals surface area contributed by atoms with Gasteiger partial charge in [-0.2, -0.15) is 0 Å². The van der Waals surface area contributed by atoms with Gasteiger partial charge in [0.25, 0.3) is 15.9 Å². The van der Waals surface area contributed by atoms with Crippen LogP contribution in [0.5, 0.6) is 0 Å². The topological polar surface area (TPSA) is 123 Å². The summed E-state index contributed by atoms with van der Waals surface area (Å²) in [6.07, 6.45) is 0. The maximum absolute atomic E-state index is 12.6. The summed E-state index contributed by atoms with van der Waals surface area (Å²) < 4.78 is 27.1. The van der Waals surface area contributed by atoms with Crippen molar-refractivity contribution in [3.05, 3.63) is 58.2 Å². The molecule has 0 radical (unpaired) electrons. The largest absolute Gasteiger partial charge is 0.351 e. The minimum atomic E-state index is -4.06. The third-order valence-corrected chi connectivity index (χ3v) is 5.86. The van der Waals surface area contributed by atoms with Gasteiger partial charge in [0.2, 0.25) is 0 Å². The van der Waals surface area contributed by atoms with E-state index in [0.717, 1.165) is 0 Å². The third kappa shape index (κ3) is 3.91. The van der Waals surface area contributed by atoms with Crippen LogP contribution in [0, 0.1) is 0 Å². The summed E-state index contributed by atoms with van der Waals surface area (Å²) in [7, 11) is -2.35. The lowest BCUT2D eigenvalue weighted by atomic mass is 10.2. The van der Waals surface area contributed by atoms with E-state index in [4.69, 9.17) is 28.9 Å². The van der Waals surface area contributed by atoms with Crippen molar-refractivity contribution in [1.29, 1.82) is 0 Å². The SMILES string of the molecule is Cn1c(C(=O)Nc2ccc(S(=O)(=O)NC(N)=O)cc2)cc2c(Cl)cc(Cl)cc21. The van der Waals surface area contributed by atoms with E-state index in [9.17, 15) is 18.0 Å². The first-order valence-electron chi connectivity index (χ1n) is 7.76. The summed E-state index contributed by atoms with van der Waals surface area (Å²) in [5, 5.41) is 4.22. The quantitative estimate of drug-likeness (QED) is 0.576. The van der Waals surface area contributed by atoms with E-state index in [1.54, 1.807) is 34.5 Å². The van der Waals surface area contributed by atoms with Crippen molar-refractivity contribution in [2.75, 3.05) is 5.32 Å². The molecule has 0 saturated heterocycles. The highest BCUT2D eigenvalue weighted by Crippen LogP contribution is 2.30. The number of amides is 3. The predicted molar refractivity (Wildman–Crippen MR) is 107 cm³/mol. The van der Waals surface area contributed by atoms with Crippen LogP contribution in [-0.4, -0.2) is 24.9 Å². The van der Waals surface area contributed by atoms with Crippen molar-refractivity contribution < 1.29 is 18.0 Å². The highest BCUT2D eigenvalue weighted by atomic mass is 35.5. The monoisotopic (exact) mass is 440 g/mol. The number of aromatic nitrogens is 1. The zero-order chi connectivity index (χ0) is 20.6. The van der Waals surface area contributed by atoms with Gasteiger partial charge in [-0.3, -0.25) is 4.79 Å². The van der Waals surface area contributed by atoms with E-state index < -0.39 is 22.0 Å². The maximum Gasteiger partial charge on any atom is 0.326 e. The van der Waals surface area contributed by atoms with Gasteiger partial charge in [-0.15, -0.1) is 0 Å². The molecule has 1 heterocycles. The summed E-state index contributed by atoms with van der Waals surface area (Å²) in [5.41, 5.74) is 6.23. The van der Waals surface area contributed by atoms with Gasteiger partial charge in [-0.25, -0.2) is 17.9 Å². The number of urea groups is 1. The lowest BCUT2D eigenvalue weighted by molar-refractivity contribution is 0.101. The molecule has 0 atom stereocenters. The number of sulfonamides is 1. The predicted octanol–water partition coefficient (Wildman–Crippen LogP) is 3.09. The minimum Gasteiger partial charge on any atom is -0.351 e. The fourth-order valence-electron chi connectivity index (χ4n) is 2.68. The Bertz CT molecular complexity index is 1200. The molecule has 0 aliphatic carbocycles. The molecule has 0 spiro atoms. The van der Waals surface area contributed by atoms with Crippen LogP contribution in [0.25, 0.3) is 10.9 Å². The van der Waals surface area contributed by atoms with Gasteiger partial charge in [-0.05, 0) is 42.5 Å². The Hall–Kier alpha value is -2.75. The second kappa shape index (κ2) is 7.34. The number of anilines is 1. The number of carbonyl (C=O) groups is 2. The van der Waals surface area contributed by atoms with E-state index in [1.165, 1.54) is 24.3 Å². The highest BCUT2D eigenvalue weighted by Gasteiger charge is 2.18. The molecule has 3 amide bonds. The molecule has 2 aromatic carbocycles. The summed E-state index contributed by atoms with van der Waals surface area (Å²) in [6.45, 7) is 0. The number of nitrogens with two attached hydrogens (primary N) is 1. The molecule has 3 aromatic rings. The molecule has 4 N–H and O–H groups in total. The number of halogens is 2. The van der Waals surface area contributed by atoms with Gasteiger partial charge < -0.3 is 15.6 Å². The summed E-state index contributed by atoms with van der Waals surface area (Å²) in [4.78, 5) is 23.2. The Kier molecular flexibility index (Phi) is 5.24. The van der Waals surface area contributed by atoms with Crippen LogP contribution in [0.15, 0.2) is 47.4 Å². The van der Waals surface area contributed by atoms with Crippen LogP contribution < -0.4 is 15.8 Å². The number of carbonyl (C=O) groups excluding carboxylic acids is 2. The highest BCUT2D eigenvalue weighted by molar-refractivity contribution is 7.90. The number of aryl methyl sites for hydroxylation is 1. The Balaban J connectivity index is 1.86. The van der Waals surface area contributed by atoms with Crippen LogP contribution in [-0.2, 0) is 17.1 Å². The Labute approximate surface area is 170 Å². The molecule has 28 heavy (non-hydrogen) atoms. The number of hydrogen-bond donors (Lipinski definition) is 3. The second-order valence-corrected chi connectivity index (χ2v) is 8.38. The lowest BCUT2D eigenvalue weighted by Gasteiger charge is -2.08. The van der Waals surface area contributed by atoms with Crippen molar-refractivity contribution >= 4 is 61.8 Å². The molecule has 0 unspecified atom stereocenters. The lowest BCUT2D eigenvalue weighted by Crippen LogP contribution is -2.34. The van der Waals surface area contributed by atoms with Gasteiger partial charge in [0.1, 0.15) is 5.69 Å². The molecule has 146 valence electrons. The van der Waals surface area contributed by atoms with E-state index >= 15 is 0 Å². The van der Waals surface area contributed by atoms with Crippen molar-refractivity contribution in [3.8, 4) is 0 Å². The second-order valence-electron chi connectivity index (χ2n) is 5.86. The number of fused-ring (bicyclic) bond motifs is 1. The molecule has 0 saturated carbocycles. The fraction of sp³-hybridized carbons (Fsp3) is 0.0588. The van der Waals surface area contributed by atoms with Gasteiger partial charge >= 0.3 is 6.03 Å². The number of primary amides is 1. The van der Waals surface area contributed by atoms with Crippen molar-refractivity contribution in [2.24, 2.45) is 12.8 Å². The molecular weight excluding hydrogens is 427 g/mol. The zero-order valence-corrected chi connectivity index (χ0v) is 16.7. The molecule has 0 fully saturated rings. The molecule has 3 rings (SSSR count). The van der Waals surface area contributed by atoms with E-state index in [-0.39, 0.29) is 4.90 Å². The standard InChI is InChI=1S/C17H14Cl2N4O4S/c1-23-14-7-9(18)6-13(19)12(14)8-15(23)16(24)21-10-2-4-11(5-3-10)28(26,27)22-17(20)25/h2-8H,1H3,(H,21,24)(H3,20,22,25). The average Bonchev–Trinajstić information content (AvgIpc) is 2.92. The minimum absolute atomic E-state index is 0.171. The van der Waals surface area contributed by atoms with Crippen molar-refractivity contribution in [3.63, 3.8) is 0 Å². The Morgan fingerprint density at radius 3 is 2.32 bits per heavy atom. The first kappa shape index (κ1) is 20.0. The first-order chi connectivity index (χ1) is 13.1. The third-order valence-electron chi connectivity index (χ3n) is 3.97. The number of nitrogens with zero attached hydrogens (tertiary/aromatic N) is 1. The average molecular weight is 441 g/mol. The normalized spacial score (nSPS) is 11.4. The van der Waals surface area contributed by atoms with Crippen LogP contribution in [0.2, 0.25) is 10.0 Å². The maximum atomic E-state index is 12.6. The summed E-state index contributed by atoms with van der Waals surface area (Å²) >= 11 is 12.2. The number of rotatable bonds is 4. The van der Waals surface area contributed by atoms with E-state index in [2.05, 4.69) is 5.32 Å².